The Bertz CT molecular complexity index is 1550. The molecule has 178 valence electrons. The molecule has 0 amide bonds. The van der Waals surface area contributed by atoms with Crippen molar-refractivity contribution in [3.05, 3.63) is 59.0 Å². The zero-order valence-corrected chi connectivity index (χ0v) is 20.1. The number of nitrogens with zero attached hydrogens (tertiary/aromatic N) is 1. The van der Waals surface area contributed by atoms with Crippen LogP contribution in [0.25, 0.3) is 44.4 Å². The van der Waals surface area contributed by atoms with Gasteiger partial charge in [0.15, 0.2) is 0 Å². The Labute approximate surface area is 197 Å². The number of hydrogen-bond acceptors (Lipinski definition) is 4. The molecule has 0 spiro atoms. The van der Waals surface area contributed by atoms with Gasteiger partial charge in [0.2, 0.25) is 0 Å². The molecule has 0 saturated heterocycles. The highest BCUT2D eigenvalue weighted by Crippen LogP contribution is 2.36. The van der Waals surface area contributed by atoms with E-state index in [9.17, 15) is 4.57 Å². The predicted molar refractivity (Wildman–Crippen MR) is 134 cm³/mol. The molecule has 2 N–H and O–H groups in total. The molecule has 0 bridgehead atoms. The summed E-state index contributed by atoms with van der Waals surface area (Å²) < 4.78 is 23.4. The quantitative estimate of drug-likeness (QED) is 0.294. The van der Waals surface area contributed by atoms with Crippen molar-refractivity contribution in [3.8, 4) is 0 Å². The molecule has 0 aliphatic heterocycles. The van der Waals surface area contributed by atoms with Gasteiger partial charge in [0.1, 0.15) is 12.9 Å². The maximum Gasteiger partial charge on any atom is 0.469 e. The van der Waals surface area contributed by atoms with Crippen molar-refractivity contribution in [2.24, 2.45) is 5.92 Å². The van der Waals surface area contributed by atoms with E-state index >= 15 is 0 Å². The van der Waals surface area contributed by atoms with Crippen LogP contribution in [0.5, 0.6) is 0 Å². The molecule has 1 aliphatic rings. The number of rotatable bonds is 8. The van der Waals surface area contributed by atoms with Gasteiger partial charge in [-0.3, -0.25) is 4.52 Å². The molecule has 0 radical (unpaired) electrons. The van der Waals surface area contributed by atoms with Gasteiger partial charge in [-0.05, 0) is 35.6 Å². The van der Waals surface area contributed by atoms with Gasteiger partial charge in [0, 0.05) is 27.6 Å². The molecule has 1 atom stereocenters. The second-order valence-corrected chi connectivity index (χ2v) is 9.87. The van der Waals surface area contributed by atoms with E-state index in [1.54, 1.807) is 14.2 Å². The van der Waals surface area contributed by atoms with E-state index in [1.807, 2.05) is 10.8 Å². The van der Waals surface area contributed by atoms with Crippen LogP contribution in [-0.2, 0) is 13.8 Å². The molecule has 3 aromatic carbocycles. The Kier molecular flexibility index (Phi) is 6.13. The highest BCUT2D eigenvalue weighted by molar-refractivity contribution is 7.46. The molecule has 1 aliphatic carbocycles. The van der Waals surface area contributed by atoms with E-state index in [1.165, 1.54) is 5.39 Å². The van der Waals surface area contributed by atoms with E-state index in [4.69, 9.17) is 19.4 Å². The van der Waals surface area contributed by atoms with Crippen molar-refractivity contribution in [1.29, 1.82) is 0 Å². The zero-order chi connectivity index (χ0) is 23.9. The van der Waals surface area contributed by atoms with Crippen LogP contribution in [0.1, 0.15) is 25.7 Å². The van der Waals surface area contributed by atoms with E-state index in [0.29, 0.717) is 6.42 Å². The average Bonchev–Trinajstić information content (AvgIpc) is 3.17. The number of unbranched alkanes of at least 4 members (excludes halogenated alkanes) is 1. The summed E-state index contributed by atoms with van der Waals surface area (Å²) in [5, 5.41) is 6.83. The number of phosphoric ester groups is 1. The number of ether oxygens (including phenoxy) is 1. The number of phosphoric acid groups is 1. The lowest BCUT2D eigenvalue weighted by Gasteiger charge is -2.21. The van der Waals surface area contributed by atoms with Crippen LogP contribution in [0.3, 0.4) is 0 Å². The van der Waals surface area contributed by atoms with Crippen molar-refractivity contribution in [1.82, 2.24) is 4.73 Å². The van der Waals surface area contributed by atoms with Gasteiger partial charge in [0.05, 0.1) is 24.8 Å². The first-order valence-electron chi connectivity index (χ1n) is 11.4. The smallest absolute Gasteiger partial charge is 0.469 e. The first kappa shape index (κ1) is 22.9. The van der Waals surface area contributed by atoms with Crippen LogP contribution in [0, 0.1) is 5.92 Å². The molecule has 8 heteroatoms. The summed E-state index contributed by atoms with van der Waals surface area (Å²) in [7, 11) is -1.01. The Morgan fingerprint density at radius 1 is 1.00 bits per heavy atom. The number of hydrogen-bond donors (Lipinski definition) is 2. The Morgan fingerprint density at radius 2 is 1.71 bits per heavy atom. The molecule has 34 heavy (non-hydrogen) atoms. The molecule has 7 nitrogen and oxygen atoms in total. The first-order chi connectivity index (χ1) is 16.4. The van der Waals surface area contributed by atoms with Crippen LogP contribution < -0.4 is 15.3 Å². The average molecular weight is 481 g/mol. The molecule has 1 heterocycles. The minimum Gasteiger partial charge on any atom is -0.500 e. The number of benzene rings is 3. The maximum absolute atomic E-state index is 10.9. The van der Waals surface area contributed by atoms with Crippen LogP contribution in [0.2, 0.25) is 0 Å². The fourth-order valence-electron chi connectivity index (χ4n) is 5.26. The number of para-hydroxylation sites is 1. The largest absolute Gasteiger partial charge is 0.500 e. The summed E-state index contributed by atoms with van der Waals surface area (Å²) in [6, 6.07) is 16.7. The molecule has 0 saturated carbocycles. The topological polar surface area (TPSA) is 90.2 Å². The van der Waals surface area contributed by atoms with Crippen LogP contribution >= 0.6 is 7.82 Å². The third-order valence-corrected chi connectivity index (χ3v) is 7.13. The van der Waals surface area contributed by atoms with Gasteiger partial charge >= 0.3 is 7.82 Å². The number of methoxy groups -OCH3 is 1. The summed E-state index contributed by atoms with van der Waals surface area (Å²) >= 11 is 0. The number of aromatic nitrogens is 1. The lowest BCUT2D eigenvalue weighted by atomic mass is 9.88. The second kappa shape index (κ2) is 9.08. The van der Waals surface area contributed by atoms with Gasteiger partial charge in [0.25, 0.3) is 0 Å². The lowest BCUT2D eigenvalue weighted by Crippen LogP contribution is -2.35. The Morgan fingerprint density at radius 3 is 2.41 bits per heavy atom. The zero-order valence-electron chi connectivity index (χ0n) is 19.2. The maximum atomic E-state index is 10.9. The molecule has 4 aromatic rings. The van der Waals surface area contributed by atoms with Gasteiger partial charge in [-0.2, -0.15) is 4.73 Å². The predicted octanol–water partition coefficient (Wildman–Crippen LogP) is 3.84. The third kappa shape index (κ3) is 3.99. The molecule has 1 aromatic heterocycles. The molecule has 1 unspecified atom stereocenters. The third-order valence-electron chi connectivity index (χ3n) is 6.61. The lowest BCUT2D eigenvalue weighted by molar-refractivity contribution is 0.190. The van der Waals surface area contributed by atoms with Gasteiger partial charge in [-0.15, -0.1) is 0 Å². The summed E-state index contributed by atoms with van der Waals surface area (Å²) in [6.07, 6.45) is 5.31. The van der Waals surface area contributed by atoms with Crippen LogP contribution in [-0.4, -0.2) is 35.3 Å². The molecular formula is C26H28NO6P. The van der Waals surface area contributed by atoms with E-state index < -0.39 is 7.82 Å². The molecule has 0 fully saturated rings. The highest BCUT2D eigenvalue weighted by atomic mass is 31.2. The van der Waals surface area contributed by atoms with E-state index in [0.717, 1.165) is 62.7 Å². The highest BCUT2D eigenvalue weighted by Gasteiger charge is 2.23. The summed E-state index contributed by atoms with van der Waals surface area (Å²) in [4.78, 5) is 23.7. The SMILES string of the molecule is COC1=c2c(c3c(c4ccccc24)c2ccccc2n3OC)=CC(CCCCOP(=O)(O)O)C1. The number of fused-ring (bicyclic) bond motifs is 8. The second-order valence-electron chi connectivity index (χ2n) is 8.63. The monoisotopic (exact) mass is 481 g/mol. The summed E-state index contributed by atoms with van der Waals surface area (Å²) in [5.41, 5.74) is 2.05. The summed E-state index contributed by atoms with van der Waals surface area (Å²) in [5.74, 6) is 1.17. The van der Waals surface area contributed by atoms with Crippen LogP contribution in [0.4, 0.5) is 0 Å². The van der Waals surface area contributed by atoms with Crippen molar-refractivity contribution in [2.75, 3.05) is 20.8 Å². The Hall–Kier alpha value is -2.83. The minimum absolute atomic E-state index is 0.0429. The van der Waals surface area contributed by atoms with Gasteiger partial charge < -0.3 is 19.4 Å². The van der Waals surface area contributed by atoms with E-state index in [-0.39, 0.29) is 12.5 Å². The normalized spacial score (nSPS) is 16.1. The fourth-order valence-corrected chi connectivity index (χ4v) is 5.63. The van der Waals surface area contributed by atoms with Crippen LogP contribution in [0.15, 0.2) is 48.5 Å². The van der Waals surface area contributed by atoms with E-state index in [2.05, 4.69) is 53.1 Å². The molecule has 5 rings (SSSR count). The van der Waals surface area contributed by atoms with Crippen molar-refractivity contribution >= 4 is 52.2 Å². The van der Waals surface area contributed by atoms with Crippen molar-refractivity contribution in [3.63, 3.8) is 0 Å². The minimum atomic E-state index is -4.42. The first-order valence-corrected chi connectivity index (χ1v) is 12.9. The van der Waals surface area contributed by atoms with Gasteiger partial charge in [-0.25, -0.2) is 4.57 Å². The van der Waals surface area contributed by atoms with Crippen molar-refractivity contribution < 1.29 is 28.5 Å². The standard InChI is InChI=1S/C26H28NO6P/c1-31-23-16-17(9-7-8-14-33-34(28,29)30)15-21-24(23)18-10-3-4-11-19(18)25-20-12-5-6-13-22(20)27(32-2)26(21)25/h3-6,10-13,15,17H,7-9,14,16H2,1-2H3,(H2,28,29,30). The fraction of sp³-hybridized carbons (Fsp3) is 0.308. The van der Waals surface area contributed by atoms with Crippen molar-refractivity contribution in [2.45, 2.75) is 25.7 Å². The Balaban J connectivity index is 1.70. The van der Waals surface area contributed by atoms with Gasteiger partial charge in [-0.1, -0.05) is 55.0 Å². The molecular weight excluding hydrogens is 453 g/mol. The summed E-state index contributed by atoms with van der Waals surface area (Å²) in [6.45, 7) is 0.0429.